The number of nitrogens with one attached hydrogen (secondary N) is 1. The van der Waals surface area contributed by atoms with E-state index in [0.717, 1.165) is 26.1 Å². The Labute approximate surface area is 117 Å². The van der Waals surface area contributed by atoms with Crippen molar-refractivity contribution in [3.63, 3.8) is 0 Å². The van der Waals surface area contributed by atoms with Crippen molar-refractivity contribution in [2.75, 3.05) is 40.3 Å². The molecule has 2 atom stereocenters. The Kier molecular flexibility index (Phi) is 5.22. The molecule has 2 unspecified atom stereocenters. The molecule has 0 aliphatic carbocycles. The van der Waals surface area contributed by atoms with Crippen LogP contribution >= 0.6 is 0 Å². The van der Waals surface area contributed by atoms with Crippen LogP contribution in [0.3, 0.4) is 0 Å². The zero-order valence-electron chi connectivity index (χ0n) is 12.7. The van der Waals surface area contributed by atoms with E-state index in [1.54, 1.807) is 0 Å². The van der Waals surface area contributed by atoms with Gasteiger partial charge in [0.25, 0.3) is 0 Å². The summed E-state index contributed by atoms with van der Waals surface area (Å²) in [6, 6.07) is 0.671. The summed E-state index contributed by atoms with van der Waals surface area (Å²) >= 11 is 0. The molecule has 2 saturated heterocycles. The van der Waals surface area contributed by atoms with Crippen molar-refractivity contribution in [2.24, 2.45) is 11.8 Å². The lowest BCUT2D eigenvalue weighted by Crippen LogP contribution is -2.50. The molecule has 0 bridgehead atoms. The second-order valence-corrected chi connectivity index (χ2v) is 6.39. The quantitative estimate of drug-likeness (QED) is 0.812. The molecule has 2 heterocycles. The summed E-state index contributed by atoms with van der Waals surface area (Å²) in [6.07, 6.45) is 5.08. The van der Waals surface area contributed by atoms with Crippen LogP contribution in [0.25, 0.3) is 0 Å². The van der Waals surface area contributed by atoms with Gasteiger partial charge in [0.15, 0.2) is 0 Å². The Bertz CT molecular complexity index is 304. The van der Waals surface area contributed by atoms with E-state index in [9.17, 15) is 4.79 Å². The van der Waals surface area contributed by atoms with Gasteiger partial charge in [-0.25, -0.2) is 0 Å². The number of carbonyl (C=O) groups is 1. The highest BCUT2D eigenvalue weighted by atomic mass is 16.2. The number of piperidine rings is 1. The fraction of sp³-hybridized carbons (Fsp3) is 0.933. The van der Waals surface area contributed by atoms with Crippen LogP contribution in [0.1, 0.15) is 32.6 Å². The summed E-state index contributed by atoms with van der Waals surface area (Å²) in [5, 5.41) is 3.25. The van der Waals surface area contributed by atoms with E-state index in [-0.39, 0.29) is 5.92 Å². The van der Waals surface area contributed by atoms with Gasteiger partial charge in [0.1, 0.15) is 0 Å². The Morgan fingerprint density at radius 3 is 2.74 bits per heavy atom. The zero-order chi connectivity index (χ0) is 13.8. The predicted octanol–water partition coefficient (Wildman–Crippen LogP) is 1.17. The average Bonchev–Trinajstić information content (AvgIpc) is 2.34. The van der Waals surface area contributed by atoms with Gasteiger partial charge >= 0.3 is 0 Å². The average molecular weight is 267 g/mol. The predicted molar refractivity (Wildman–Crippen MR) is 78.0 cm³/mol. The smallest absolute Gasteiger partial charge is 0.225 e. The molecule has 0 saturated carbocycles. The second kappa shape index (κ2) is 6.71. The van der Waals surface area contributed by atoms with Gasteiger partial charge in [0, 0.05) is 25.6 Å². The number of nitrogens with zero attached hydrogens (tertiary/aromatic N) is 2. The molecule has 2 aliphatic rings. The highest BCUT2D eigenvalue weighted by Crippen LogP contribution is 2.20. The molecule has 2 fully saturated rings. The molecular weight excluding hydrogens is 238 g/mol. The van der Waals surface area contributed by atoms with Crippen molar-refractivity contribution in [1.82, 2.24) is 15.1 Å². The third-order valence-electron chi connectivity index (χ3n) is 5.01. The normalized spacial score (nSPS) is 26.8. The number of amides is 1. The summed E-state index contributed by atoms with van der Waals surface area (Å²) in [4.78, 5) is 16.7. The summed E-state index contributed by atoms with van der Waals surface area (Å²) in [5.74, 6) is 1.05. The monoisotopic (exact) mass is 267 g/mol. The summed E-state index contributed by atoms with van der Waals surface area (Å²) < 4.78 is 0. The molecule has 0 radical (unpaired) electrons. The van der Waals surface area contributed by atoms with Crippen LogP contribution in [0.2, 0.25) is 0 Å². The van der Waals surface area contributed by atoms with E-state index in [4.69, 9.17) is 0 Å². The highest BCUT2D eigenvalue weighted by Gasteiger charge is 2.30. The van der Waals surface area contributed by atoms with Gasteiger partial charge in [-0.2, -0.15) is 0 Å². The molecule has 0 aromatic rings. The Morgan fingerprint density at radius 1 is 1.42 bits per heavy atom. The van der Waals surface area contributed by atoms with Crippen molar-refractivity contribution < 1.29 is 4.79 Å². The SMILES string of the molecule is CC(C(=O)N(C)CCC1CCCCN1C)C1CNC1. The minimum Gasteiger partial charge on any atom is -0.345 e. The van der Waals surface area contributed by atoms with Crippen molar-refractivity contribution >= 4 is 5.91 Å². The number of hydrogen-bond donors (Lipinski definition) is 1. The molecular formula is C15H29N3O. The van der Waals surface area contributed by atoms with Crippen LogP contribution < -0.4 is 5.32 Å². The molecule has 1 amide bonds. The van der Waals surface area contributed by atoms with E-state index >= 15 is 0 Å². The number of hydrogen-bond acceptors (Lipinski definition) is 3. The Hall–Kier alpha value is -0.610. The first kappa shape index (κ1) is 14.8. The fourth-order valence-electron chi connectivity index (χ4n) is 3.18. The molecule has 0 spiro atoms. The second-order valence-electron chi connectivity index (χ2n) is 6.39. The molecule has 2 aliphatic heterocycles. The largest absolute Gasteiger partial charge is 0.345 e. The maximum absolute atomic E-state index is 12.3. The van der Waals surface area contributed by atoms with Crippen molar-refractivity contribution in [3.05, 3.63) is 0 Å². The first-order chi connectivity index (χ1) is 9.09. The van der Waals surface area contributed by atoms with E-state index in [1.165, 1.54) is 25.8 Å². The van der Waals surface area contributed by atoms with Crippen LogP contribution in [-0.2, 0) is 4.79 Å². The lowest BCUT2D eigenvalue weighted by molar-refractivity contribution is -0.136. The Morgan fingerprint density at radius 2 is 2.16 bits per heavy atom. The molecule has 2 rings (SSSR count). The first-order valence-corrected chi connectivity index (χ1v) is 7.75. The van der Waals surface area contributed by atoms with E-state index in [1.807, 2.05) is 11.9 Å². The lowest BCUT2D eigenvalue weighted by atomic mass is 9.88. The van der Waals surface area contributed by atoms with Crippen LogP contribution in [0, 0.1) is 11.8 Å². The van der Waals surface area contributed by atoms with E-state index < -0.39 is 0 Å². The number of carbonyl (C=O) groups excluding carboxylic acids is 1. The number of likely N-dealkylation sites (tertiary alicyclic amines) is 1. The number of rotatable bonds is 5. The van der Waals surface area contributed by atoms with Gasteiger partial charge in [0.2, 0.25) is 5.91 Å². The third kappa shape index (κ3) is 3.69. The minimum atomic E-state index is 0.176. The first-order valence-electron chi connectivity index (χ1n) is 7.75. The van der Waals surface area contributed by atoms with Crippen molar-refractivity contribution in [3.8, 4) is 0 Å². The van der Waals surface area contributed by atoms with E-state index in [0.29, 0.717) is 17.9 Å². The molecule has 1 N–H and O–H groups in total. The molecule has 110 valence electrons. The van der Waals surface area contributed by atoms with Crippen LogP contribution in [0.5, 0.6) is 0 Å². The van der Waals surface area contributed by atoms with E-state index in [2.05, 4.69) is 24.2 Å². The van der Waals surface area contributed by atoms with Crippen LogP contribution in [0.4, 0.5) is 0 Å². The minimum absolute atomic E-state index is 0.176. The maximum Gasteiger partial charge on any atom is 0.225 e. The zero-order valence-corrected chi connectivity index (χ0v) is 12.7. The van der Waals surface area contributed by atoms with Crippen LogP contribution in [-0.4, -0.2) is 62.0 Å². The Balaban J connectivity index is 1.73. The van der Waals surface area contributed by atoms with Crippen molar-refractivity contribution in [1.29, 1.82) is 0 Å². The van der Waals surface area contributed by atoms with Gasteiger partial charge in [-0.1, -0.05) is 13.3 Å². The summed E-state index contributed by atoms with van der Waals surface area (Å²) in [5.41, 5.74) is 0. The van der Waals surface area contributed by atoms with Gasteiger partial charge in [-0.05, 0) is 51.9 Å². The van der Waals surface area contributed by atoms with Gasteiger partial charge in [-0.15, -0.1) is 0 Å². The summed E-state index contributed by atoms with van der Waals surface area (Å²) in [6.45, 7) is 6.21. The molecule has 0 aromatic carbocycles. The molecule has 4 nitrogen and oxygen atoms in total. The standard InChI is InChI=1S/C15H29N3O/c1-12(13-10-16-11-13)15(19)18(3)9-7-14-6-4-5-8-17(14)2/h12-14,16H,4-11H2,1-3H3. The van der Waals surface area contributed by atoms with Gasteiger partial charge < -0.3 is 15.1 Å². The fourth-order valence-corrected chi connectivity index (χ4v) is 3.18. The topological polar surface area (TPSA) is 35.6 Å². The lowest BCUT2D eigenvalue weighted by Gasteiger charge is -2.36. The van der Waals surface area contributed by atoms with Crippen molar-refractivity contribution in [2.45, 2.75) is 38.6 Å². The van der Waals surface area contributed by atoms with Crippen LogP contribution in [0.15, 0.2) is 0 Å². The molecule has 19 heavy (non-hydrogen) atoms. The highest BCUT2D eigenvalue weighted by molar-refractivity contribution is 5.78. The molecule has 0 aromatic heterocycles. The third-order valence-corrected chi connectivity index (χ3v) is 5.01. The summed E-state index contributed by atoms with van der Waals surface area (Å²) in [7, 11) is 4.18. The van der Waals surface area contributed by atoms with Gasteiger partial charge in [-0.3, -0.25) is 4.79 Å². The molecule has 4 heteroatoms. The maximum atomic E-state index is 12.3. The van der Waals surface area contributed by atoms with Gasteiger partial charge in [0.05, 0.1) is 0 Å².